The zero-order valence-electron chi connectivity index (χ0n) is 29.1. The number of aromatic amines is 1. The van der Waals surface area contributed by atoms with Gasteiger partial charge in [-0.15, -0.1) is 11.7 Å². The molecular weight excluding hydrogens is 664 g/mol. The molecule has 0 aliphatic carbocycles. The van der Waals surface area contributed by atoms with Crippen molar-refractivity contribution < 1.29 is 23.5 Å². The van der Waals surface area contributed by atoms with E-state index >= 15 is 4.11 Å². The third-order valence-electron chi connectivity index (χ3n) is 10.5. The molecule has 2 aromatic heterocycles. The Morgan fingerprint density at radius 2 is 1.94 bits per heavy atom. The monoisotopic (exact) mass is 706 g/mol. The van der Waals surface area contributed by atoms with Gasteiger partial charge in [0, 0.05) is 59.1 Å². The molecule has 2 aliphatic rings. The molecule has 3 N–H and O–H groups in total. The number of hydrogen-bond donors (Lipinski definition) is 3. The van der Waals surface area contributed by atoms with Gasteiger partial charge >= 0.3 is 0 Å². The van der Waals surface area contributed by atoms with E-state index in [1.165, 1.54) is 0 Å². The summed E-state index contributed by atoms with van der Waals surface area (Å²) in [6.07, 6.45) is 5.31. The number of carbonyl (C=O) groups excluding carboxylic acids is 2. The molecule has 0 saturated carbocycles. The molecule has 264 valence electrons. The topological polar surface area (TPSA) is 125 Å². The smallest absolute Gasteiger partial charge is 0.264 e. The van der Waals surface area contributed by atoms with Crippen LogP contribution in [0.25, 0.3) is 10.9 Å². The van der Waals surface area contributed by atoms with Crippen molar-refractivity contribution in [1.82, 2.24) is 20.0 Å². The van der Waals surface area contributed by atoms with Crippen molar-refractivity contribution in [2.75, 3.05) is 23.4 Å². The molecule has 0 radical (unpaired) electrons. The molecule has 1 spiro atoms. The maximum atomic E-state index is 16.4. The quantitative estimate of drug-likeness (QED) is 0.0777. The number of ether oxygens (including phenoxy) is 1. The molecule has 5 aromatic rings. The van der Waals surface area contributed by atoms with E-state index in [1.807, 2.05) is 86.0 Å². The van der Waals surface area contributed by atoms with Crippen LogP contribution in [0.2, 0.25) is 18.6 Å². The predicted molar refractivity (Wildman–Crippen MR) is 198 cm³/mol. The van der Waals surface area contributed by atoms with Crippen molar-refractivity contribution in [3.05, 3.63) is 120 Å². The number of hydrogen-bond acceptors (Lipinski definition) is 6. The van der Waals surface area contributed by atoms with Crippen molar-refractivity contribution in [3.63, 3.8) is 0 Å². The summed E-state index contributed by atoms with van der Waals surface area (Å²) >= 11 is 0. The van der Waals surface area contributed by atoms with Gasteiger partial charge in [0.15, 0.2) is 5.60 Å². The lowest BCUT2D eigenvalue weighted by Crippen LogP contribution is -2.45. The van der Waals surface area contributed by atoms with Crippen LogP contribution in [-0.2, 0) is 32.9 Å². The number of aliphatic hydroxyl groups is 1. The van der Waals surface area contributed by atoms with Gasteiger partial charge < -0.3 is 29.2 Å². The molecule has 12 heteroatoms. The number of nitrogens with one attached hydrogen (secondary N) is 2. The van der Waals surface area contributed by atoms with Crippen molar-refractivity contribution in [3.8, 4) is 0 Å². The first-order valence-corrected chi connectivity index (χ1v) is 20.4. The fourth-order valence-corrected chi connectivity index (χ4v) is 10.8. The number of fused-ring (bicyclic) bond motifs is 3. The van der Waals surface area contributed by atoms with Crippen LogP contribution in [0.4, 0.5) is 15.5 Å². The van der Waals surface area contributed by atoms with E-state index in [-0.39, 0.29) is 37.3 Å². The lowest BCUT2D eigenvalue weighted by molar-refractivity contribution is -0.145. The van der Waals surface area contributed by atoms with E-state index in [1.54, 1.807) is 34.8 Å². The third kappa shape index (κ3) is 6.21. The van der Waals surface area contributed by atoms with Crippen LogP contribution < -0.4 is 10.2 Å². The summed E-state index contributed by atoms with van der Waals surface area (Å²) in [5.74, 6) is -1.26. The van der Waals surface area contributed by atoms with Crippen LogP contribution in [0.3, 0.4) is 0 Å². The molecule has 7 rings (SSSR count). The molecule has 51 heavy (non-hydrogen) atoms. The van der Waals surface area contributed by atoms with Gasteiger partial charge in [-0.2, -0.15) is 0 Å². The highest BCUT2D eigenvalue weighted by Gasteiger charge is 2.66. The Morgan fingerprint density at radius 3 is 2.69 bits per heavy atom. The highest BCUT2D eigenvalue weighted by atomic mass is 28.4. The van der Waals surface area contributed by atoms with Gasteiger partial charge in [-0.3, -0.25) is 14.3 Å². The second-order valence-corrected chi connectivity index (χ2v) is 17.9. The number of amides is 2. The molecule has 10 nitrogen and oxygen atoms in total. The van der Waals surface area contributed by atoms with Crippen molar-refractivity contribution in [1.29, 1.82) is 0 Å². The molecular formula is C39H43FN6O4Si. The summed E-state index contributed by atoms with van der Waals surface area (Å²) in [6, 6.07) is 22.9. The van der Waals surface area contributed by atoms with Gasteiger partial charge in [0.05, 0.1) is 36.4 Å². The Kier molecular flexibility index (Phi) is 9.25. The van der Waals surface area contributed by atoms with Crippen LogP contribution in [0, 0.1) is 5.92 Å². The summed E-state index contributed by atoms with van der Waals surface area (Å²) in [5, 5.41) is 22.8. The summed E-state index contributed by atoms with van der Waals surface area (Å²) in [7, 11) is -3.40. The van der Waals surface area contributed by atoms with Crippen LogP contribution in [0.1, 0.15) is 41.6 Å². The van der Waals surface area contributed by atoms with Gasteiger partial charge in [0.2, 0.25) is 14.3 Å². The zero-order chi connectivity index (χ0) is 35.9. The minimum absolute atomic E-state index is 0.119. The molecule has 1 saturated heterocycles. The number of nitrogens with zero attached hydrogens (tertiary/aromatic N) is 4. The number of benzene rings is 3. The largest absolute Gasteiger partial charge is 0.395 e. The van der Waals surface area contributed by atoms with E-state index < -0.39 is 31.6 Å². The van der Waals surface area contributed by atoms with E-state index in [2.05, 4.69) is 27.2 Å². The van der Waals surface area contributed by atoms with Crippen LogP contribution in [-0.4, -0.2) is 64.6 Å². The minimum Gasteiger partial charge on any atom is -0.395 e. The van der Waals surface area contributed by atoms with Crippen LogP contribution in [0.5, 0.6) is 0 Å². The maximum Gasteiger partial charge on any atom is 0.264 e. The van der Waals surface area contributed by atoms with Crippen molar-refractivity contribution in [2.24, 2.45) is 5.92 Å². The normalized spacial score (nSPS) is 22.1. The molecule has 3 aromatic carbocycles. The number of aryl methyl sites for hydroxylation is 1. The van der Waals surface area contributed by atoms with Gasteiger partial charge in [0.25, 0.3) is 5.91 Å². The fraction of sp³-hybridized carbons (Fsp3) is 0.333. The molecule has 2 amide bonds. The van der Waals surface area contributed by atoms with Crippen molar-refractivity contribution >= 4 is 42.5 Å². The molecule has 2 aliphatic heterocycles. The first kappa shape index (κ1) is 34.5. The lowest BCUT2D eigenvalue weighted by atomic mass is 9.82. The minimum atomic E-state index is -3.40. The second-order valence-electron chi connectivity index (χ2n) is 14.1. The number of aromatic nitrogens is 4. The lowest BCUT2D eigenvalue weighted by Gasteiger charge is -2.31. The van der Waals surface area contributed by atoms with Gasteiger partial charge in [-0.25, -0.2) is 0 Å². The Balaban J connectivity index is 1.16. The molecule has 1 unspecified atom stereocenters. The summed E-state index contributed by atoms with van der Waals surface area (Å²) in [6.45, 7) is 9.66. The Hall–Kier alpha value is -4.91. The number of H-pyrrole nitrogens is 1. The zero-order valence-corrected chi connectivity index (χ0v) is 30.1. The van der Waals surface area contributed by atoms with Crippen molar-refractivity contribution in [2.45, 2.75) is 62.6 Å². The molecule has 5 atom stereocenters. The molecule has 0 bridgehead atoms. The number of para-hydroxylation sites is 1. The van der Waals surface area contributed by atoms with E-state index in [4.69, 9.17) is 4.74 Å². The number of halogens is 1. The standard InChI is InChI=1S/C39H43FN6O4Si/c1-5-18-46-34-16-15-28(42-36(48)20-27-22-41-32-14-10-9-13-29(27)32)21-31(34)39(38(46)49)25(2)37(51(3,4)40)35(50-39)17-19-45-23-33(43-44-45)30(24-47)26-11-7-6-8-12-26/h5-16,21-23,25,30,35,37,41,47H,1,17-20,24H2,2-4H3,(H,42,48)/t25-,30?,35+,37-,39+/m0/s1. The SMILES string of the molecule is C=CCN1C(=O)[C@]2(O[C@H](CCn3cc(C(CO)c4ccccc4)nn3)[C@@H]([Si](C)(C)F)[C@@H]2C)c2cc(NC(=O)Cc3c[nH]c4ccccc34)ccc21. The fourth-order valence-electron chi connectivity index (χ4n) is 8.26. The van der Waals surface area contributed by atoms with Gasteiger partial charge in [0.1, 0.15) is 0 Å². The predicted octanol–water partition coefficient (Wildman–Crippen LogP) is 6.46. The number of carbonyl (C=O) groups is 2. The summed E-state index contributed by atoms with van der Waals surface area (Å²) in [5.41, 5.74) is 3.28. The Bertz CT molecular complexity index is 2080. The first-order valence-electron chi connectivity index (χ1n) is 17.4. The second kappa shape index (κ2) is 13.7. The number of rotatable bonds is 12. The highest BCUT2D eigenvalue weighted by molar-refractivity contribution is 6.72. The highest BCUT2D eigenvalue weighted by Crippen LogP contribution is 2.60. The van der Waals surface area contributed by atoms with Crippen LogP contribution in [0.15, 0.2) is 97.8 Å². The third-order valence-corrected chi connectivity index (χ3v) is 13.0. The first-order chi connectivity index (χ1) is 24.5. The summed E-state index contributed by atoms with van der Waals surface area (Å²) in [4.78, 5) is 32.7. The Labute approximate surface area is 297 Å². The van der Waals surface area contributed by atoms with E-state index in [9.17, 15) is 14.7 Å². The van der Waals surface area contributed by atoms with E-state index in [0.717, 1.165) is 22.0 Å². The van der Waals surface area contributed by atoms with Crippen LogP contribution >= 0.6 is 0 Å². The van der Waals surface area contributed by atoms with Gasteiger partial charge in [-0.05, 0) is 54.9 Å². The summed E-state index contributed by atoms with van der Waals surface area (Å²) < 4.78 is 25.0. The molecule has 4 heterocycles. The van der Waals surface area contributed by atoms with E-state index in [0.29, 0.717) is 35.6 Å². The Morgan fingerprint density at radius 1 is 1.18 bits per heavy atom. The average Bonchev–Trinajstić information content (AvgIpc) is 3.87. The number of aliphatic hydroxyl groups excluding tert-OH is 1. The number of anilines is 2. The molecule has 1 fully saturated rings. The van der Waals surface area contributed by atoms with Gasteiger partial charge in [-0.1, -0.05) is 66.7 Å². The maximum absolute atomic E-state index is 16.4. The average molecular weight is 707 g/mol.